The molecular formula is C13H16FN3O. The van der Waals surface area contributed by atoms with Crippen molar-refractivity contribution in [3.8, 4) is 5.75 Å². The van der Waals surface area contributed by atoms with E-state index in [1.807, 2.05) is 13.2 Å². The number of halogens is 1. The summed E-state index contributed by atoms with van der Waals surface area (Å²) in [5.41, 5.74) is 7.36. The van der Waals surface area contributed by atoms with Gasteiger partial charge in [0.25, 0.3) is 0 Å². The minimum atomic E-state index is -0.275. The first-order valence-electron chi connectivity index (χ1n) is 5.71. The van der Waals surface area contributed by atoms with E-state index in [1.165, 1.54) is 12.1 Å². The smallest absolute Gasteiger partial charge is 0.139 e. The topological polar surface area (TPSA) is 53.1 Å². The number of benzene rings is 1. The second-order valence-corrected chi connectivity index (χ2v) is 4.20. The zero-order valence-corrected chi connectivity index (χ0v) is 10.4. The van der Waals surface area contributed by atoms with Gasteiger partial charge in [0.05, 0.1) is 6.20 Å². The molecule has 0 spiro atoms. The van der Waals surface area contributed by atoms with Crippen molar-refractivity contribution in [3.05, 3.63) is 47.5 Å². The minimum Gasteiger partial charge on any atom is -0.484 e. The molecule has 0 fully saturated rings. The molecule has 0 aliphatic carbocycles. The third-order valence-electron chi connectivity index (χ3n) is 2.72. The average molecular weight is 249 g/mol. The summed E-state index contributed by atoms with van der Waals surface area (Å²) in [5.74, 6) is 0.362. The monoisotopic (exact) mass is 249 g/mol. The fraction of sp³-hybridized carbons (Fsp3) is 0.308. The summed E-state index contributed by atoms with van der Waals surface area (Å²) in [5, 5.41) is 4.08. The van der Waals surface area contributed by atoms with Crippen LogP contribution in [-0.2, 0) is 7.05 Å². The maximum atomic E-state index is 13.0. The molecule has 2 rings (SSSR count). The van der Waals surface area contributed by atoms with Crippen molar-refractivity contribution >= 4 is 0 Å². The Labute approximate surface area is 105 Å². The SMILES string of the molecule is Cc1cc(F)ccc1OC(CN)c1cnn(C)c1. The maximum Gasteiger partial charge on any atom is 0.139 e. The second-order valence-electron chi connectivity index (χ2n) is 4.20. The Hall–Kier alpha value is -1.88. The average Bonchev–Trinajstić information content (AvgIpc) is 2.75. The van der Waals surface area contributed by atoms with Gasteiger partial charge in [0.2, 0.25) is 0 Å². The van der Waals surface area contributed by atoms with Crippen LogP contribution in [0.3, 0.4) is 0 Å². The van der Waals surface area contributed by atoms with Gasteiger partial charge in [-0.2, -0.15) is 5.10 Å². The molecule has 1 aromatic heterocycles. The Kier molecular flexibility index (Phi) is 3.62. The molecule has 5 heteroatoms. The van der Waals surface area contributed by atoms with Gasteiger partial charge in [-0.25, -0.2) is 4.39 Å². The molecule has 0 radical (unpaired) electrons. The molecule has 2 aromatic rings. The van der Waals surface area contributed by atoms with Gasteiger partial charge in [0.1, 0.15) is 17.7 Å². The summed E-state index contributed by atoms with van der Waals surface area (Å²) in [6.07, 6.45) is 3.30. The first kappa shape index (κ1) is 12.6. The zero-order chi connectivity index (χ0) is 13.1. The van der Waals surface area contributed by atoms with Crippen LogP contribution in [0.15, 0.2) is 30.6 Å². The summed E-state index contributed by atoms with van der Waals surface area (Å²) in [6.45, 7) is 2.14. The molecule has 1 aromatic carbocycles. The minimum absolute atomic E-state index is 0.273. The quantitative estimate of drug-likeness (QED) is 0.901. The van der Waals surface area contributed by atoms with Crippen molar-refractivity contribution in [1.82, 2.24) is 9.78 Å². The van der Waals surface area contributed by atoms with Crippen LogP contribution in [0.25, 0.3) is 0 Å². The number of nitrogens with two attached hydrogens (primary N) is 1. The predicted octanol–water partition coefficient (Wildman–Crippen LogP) is 1.95. The highest BCUT2D eigenvalue weighted by Crippen LogP contribution is 2.24. The lowest BCUT2D eigenvalue weighted by Gasteiger charge is -2.17. The van der Waals surface area contributed by atoms with Crippen LogP contribution in [0.5, 0.6) is 5.75 Å². The molecule has 96 valence electrons. The van der Waals surface area contributed by atoms with Crippen LogP contribution in [0.1, 0.15) is 17.2 Å². The highest BCUT2D eigenvalue weighted by Gasteiger charge is 2.14. The van der Waals surface area contributed by atoms with Gasteiger partial charge in [0, 0.05) is 25.4 Å². The molecular weight excluding hydrogens is 233 g/mol. The van der Waals surface area contributed by atoms with E-state index >= 15 is 0 Å². The van der Waals surface area contributed by atoms with Gasteiger partial charge in [0.15, 0.2) is 0 Å². The van der Waals surface area contributed by atoms with Crippen LogP contribution in [0, 0.1) is 12.7 Å². The summed E-state index contributed by atoms with van der Waals surface area (Å²) < 4.78 is 20.5. The van der Waals surface area contributed by atoms with Crippen LogP contribution >= 0.6 is 0 Å². The van der Waals surface area contributed by atoms with Crippen molar-refractivity contribution in [2.75, 3.05) is 6.54 Å². The lowest BCUT2D eigenvalue weighted by Crippen LogP contribution is -2.18. The van der Waals surface area contributed by atoms with Crippen molar-refractivity contribution < 1.29 is 9.13 Å². The Bertz CT molecular complexity index is 539. The van der Waals surface area contributed by atoms with E-state index in [-0.39, 0.29) is 11.9 Å². The van der Waals surface area contributed by atoms with Crippen molar-refractivity contribution in [3.63, 3.8) is 0 Å². The fourth-order valence-electron chi connectivity index (χ4n) is 1.76. The number of ether oxygens (including phenoxy) is 1. The van der Waals surface area contributed by atoms with Crippen LogP contribution in [-0.4, -0.2) is 16.3 Å². The molecule has 4 nitrogen and oxygen atoms in total. The molecule has 1 atom stereocenters. The normalized spacial score (nSPS) is 12.4. The number of nitrogens with zero attached hydrogens (tertiary/aromatic N) is 2. The molecule has 1 heterocycles. The van der Waals surface area contributed by atoms with Crippen molar-refractivity contribution in [2.45, 2.75) is 13.0 Å². The molecule has 0 saturated heterocycles. The first-order chi connectivity index (χ1) is 8.60. The number of rotatable bonds is 4. The molecule has 0 aliphatic rings. The molecule has 0 amide bonds. The summed E-state index contributed by atoms with van der Waals surface area (Å²) in [7, 11) is 1.83. The van der Waals surface area contributed by atoms with Crippen LogP contribution in [0.4, 0.5) is 4.39 Å². The fourth-order valence-corrected chi connectivity index (χ4v) is 1.76. The zero-order valence-electron chi connectivity index (χ0n) is 10.4. The van der Waals surface area contributed by atoms with E-state index in [1.54, 1.807) is 23.9 Å². The Morgan fingerprint density at radius 1 is 1.50 bits per heavy atom. The van der Waals surface area contributed by atoms with E-state index in [4.69, 9.17) is 10.5 Å². The third-order valence-corrected chi connectivity index (χ3v) is 2.72. The predicted molar refractivity (Wildman–Crippen MR) is 66.8 cm³/mol. The molecule has 18 heavy (non-hydrogen) atoms. The first-order valence-corrected chi connectivity index (χ1v) is 5.71. The van der Waals surface area contributed by atoms with Crippen LogP contribution in [0.2, 0.25) is 0 Å². The summed E-state index contributed by atoms with van der Waals surface area (Å²) in [4.78, 5) is 0. The second kappa shape index (κ2) is 5.18. The van der Waals surface area contributed by atoms with E-state index in [0.717, 1.165) is 11.1 Å². The largest absolute Gasteiger partial charge is 0.484 e. The van der Waals surface area contributed by atoms with Gasteiger partial charge in [-0.15, -0.1) is 0 Å². The molecule has 0 aliphatic heterocycles. The highest BCUT2D eigenvalue weighted by atomic mass is 19.1. The lowest BCUT2D eigenvalue weighted by molar-refractivity contribution is 0.212. The summed E-state index contributed by atoms with van der Waals surface area (Å²) in [6, 6.07) is 4.43. The Balaban J connectivity index is 2.20. The summed E-state index contributed by atoms with van der Waals surface area (Å²) >= 11 is 0. The maximum absolute atomic E-state index is 13.0. The van der Waals surface area contributed by atoms with Gasteiger partial charge in [-0.05, 0) is 30.7 Å². The Morgan fingerprint density at radius 3 is 2.83 bits per heavy atom. The number of hydrogen-bond acceptors (Lipinski definition) is 3. The number of aryl methyl sites for hydroxylation is 2. The lowest BCUT2D eigenvalue weighted by atomic mass is 10.2. The van der Waals surface area contributed by atoms with Gasteiger partial charge >= 0.3 is 0 Å². The number of hydrogen-bond donors (Lipinski definition) is 1. The van der Waals surface area contributed by atoms with Gasteiger partial charge in [-0.3, -0.25) is 4.68 Å². The van der Waals surface area contributed by atoms with Crippen molar-refractivity contribution in [2.24, 2.45) is 12.8 Å². The standard InChI is InChI=1S/C13H16FN3O/c1-9-5-11(14)3-4-12(9)18-13(6-15)10-7-16-17(2)8-10/h3-5,7-8,13H,6,15H2,1-2H3. The molecule has 0 bridgehead atoms. The molecule has 1 unspecified atom stereocenters. The van der Waals surface area contributed by atoms with E-state index < -0.39 is 0 Å². The molecule has 2 N–H and O–H groups in total. The Morgan fingerprint density at radius 2 is 2.28 bits per heavy atom. The van der Waals surface area contributed by atoms with Crippen LogP contribution < -0.4 is 10.5 Å². The number of aromatic nitrogens is 2. The highest BCUT2D eigenvalue weighted by molar-refractivity contribution is 5.33. The van der Waals surface area contributed by atoms with E-state index in [9.17, 15) is 4.39 Å². The van der Waals surface area contributed by atoms with E-state index in [2.05, 4.69) is 5.10 Å². The third kappa shape index (κ3) is 2.68. The van der Waals surface area contributed by atoms with Crippen molar-refractivity contribution in [1.29, 1.82) is 0 Å². The molecule has 0 saturated carbocycles. The van der Waals surface area contributed by atoms with Gasteiger partial charge in [-0.1, -0.05) is 0 Å². The van der Waals surface area contributed by atoms with Gasteiger partial charge < -0.3 is 10.5 Å². The van der Waals surface area contributed by atoms with E-state index in [0.29, 0.717) is 12.3 Å².